The third kappa shape index (κ3) is 2.18. The zero-order chi connectivity index (χ0) is 9.84. The predicted molar refractivity (Wildman–Crippen MR) is 50.0 cm³/mol. The first-order chi connectivity index (χ1) is 6.19. The van der Waals surface area contributed by atoms with Gasteiger partial charge in [-0.3, -0.25) is 0 Å². The van der Waals surface area contributed by atoms with Crippen molar-refractivity contribution in [3.63, 3.8) is 0 Å². The maximum absolute atomic E-state index is 11.2. The lowest BCUT2D eigenvalue weighted by atomic mass is 10.1. The van der Waals surface area contributed by atoms with Crippen LogP contribution in [-0.4, -0.2) is 18.1 Å². The van der Waals surface area contributed by atoms with Crippen molar-refractivity contribution in [3.8, 4) is 0 Å². The fraction of sp³-hybridized carbons (Fsp3) is 0.333. The van der Waals surface area contributed by atoms with Crippen LogP contribution in [0.1, 0.15) is 22.8 Å². The smallest absolute Gasteiger partial charge is 0.339 e. The second-order valence-electron chi connectivity index (χ2n) is 2.51. The molecule has 0 aliphatic heterocycles. The van der Waals surface area contributed by atoms with E-state index in [-0.39, 0.29) is 5.97 Å². The molecule has 1 aromatic rings. The Morgan fingerprint density at radius 2 is 2.38 bits per heavy atom. The van der Waals surface area contributed by atoms with E-state index in [1.807, 2.05) is 6.92 Å². The Morgan fingerprint density at radius 1 is 1.69 bits per heavy atom. The molecular formula is C9H10ClNO2. The highest BCUT2D eigenvalue weighted by Gasteiger charge is 2.11. The maximum Gasteiger partial charge on any atom is 0.339 e. The molecule has 0 bridgehead atoms. The number of halogens is 1. The van der Waals surface area contributed by atoms with E-state index in [9.17, 15) is 4.79 Å². The van der Waals surface area contributed by atoms with Gasteiger partial charge in [-0.2, -0.15) is 0 Å². The first-order valence-electron chi connectivity index (χ1n) is 3.91. The predicted octanol–water partition coefficient (Wildman–Crippen LogP) is 2.08. The molecule has 70 valence electrons. The summed E-state index contributed by atoms with van der Waals surface area (Å²) in [6.45, 7) is 1.94. The molecular weight excluding hydrogens is 190 g/mol. The van der Waals surface area contributed by atoms with Gasteiger partial charge in [0.2, 0.25) is 0 Å². The lowest BCUT2D eigenvalue weighted by Crippen LogP contribution is -2.05. The second kappa shape index (κ2) is 4.23. The van der Waals surface area contributed by atoms with Crippen molar-refractivity contribution < 1.29 is 9.53 Å². The minimum Gasteiger partial charge on any atom is -0.465 e. The number of nitrogens with zero attached hydrogens (tertiary/aromatic N) is 1. The molecule has 13 heavy (non-hydrogen) atoms. The van der Waals surface area contributed by atoms with Crippen molar-refractivity contribution >= 4 is 17.6 Å². The molecule has 0 aliphatic rings. The fourth-order valence-corrected chi connectivity index (χ4v) is 1.23. The molecule has 0 saturated carbocycles. The van der Waals surface area contributed by atoms with E-state index in [0.717, 1.165) is 12.0 Å². The molecule has 0 aromatic carbocycles. The molecule has 1 heterocycles. The zero-order valence-corrected chi connectivity index (χ0v) is 8.26. The number of hydrogen-bond acceptors (Lipinski definition) is 3. The number of ether oxygens (including phenoxy) is 1. The highest BCUT2D eigenvalue weighted by atomic mass is 35.5. The summed E-state index contributed by atoms with van der Waals surface area (Å²) in [5, 5.41) is 0.393. The minimum absolute atomic E-state index is 0.374. The zero-order valence-electron chi connectivity index (χ0n) is 7.50. The standard InChI is InChI=1S/C9H10ClNO2/c1-3-6-4-8(10)11-5-7(6)9(12)13-2/h4-5H,3H2,1-2H3. The van der Waals surface area contributed by atoms with Crippen molar-refractivity contribution in [3.05, 3.63) is 28.5 Å². The molecule has 4 heteroatoms. The van der Waals surface area contributed by atoms with Gasteiger partial charge in [-0.05, 0) is 18.1 Å². The molecule has 1 rings (SSSR count). The average Bonchev–Trinajstić information content (AvgIpc) is 2.16. The van der Waals surface area contributed by atoms with Crippen LogP contribution in [0.5, 0.6) is 0 Å². The summed E-state index contributed by atoms with van der Waals surface area (Å²) in [4.78, 5) is 15.0. The van der Waals surface area contributed by atoms with Crippen LogP contribution in [0.15, 0.2) is 12.3 Å². The monoisotopic (exact) mass is 199 g/mol. The van der Waals surface area contributed by atoms with Gasteiger partial charge in [-0.1, -0.05) is 18.5 Å². The van der Waals surface area contributed by atoms with Crippen molar-refractivity contribution in [1.82, 2.24) is 4.98 Å². The minimum atomic E-state index is -0.374. The third-order valence-electron chi connectivity index (χ3n) is 1.74. The van der Waals surface area contributed by atoms with Crippen LogP contribution in [0.2, 0.25) is 5.15 Å². The van der Waals surface area contributed by atoms with Crippen LogP contribution in [0.4, 0.5) is 0 Å². The normalized spacial score (nSPS) is 9.77. The Morgan fingerprint density at radius 3 is 2.92 bits per heavy atom. The molecule has 0 radical (unpaired) electrons. The van der Waals surface area contributed by atoms with Gasteiger partial charge in [-0.15, -0.1) is 0 Å². The topological polar surface area (TPSA) is 39.2 Å². The van der Waals surface area contributed by atoms with Crippen LogP contribution in [0, 0.1) is 0 Å². The molecule has 0 amide bonds. The van der Waals surface area contributed by atoms with E-state index in [2.05, 4.69) is 9.72 Å². The van der Waals surface area contributed by atoms with Gasteiger partial charge in [0.25, 0.3) is 0 Å². The molecule has 1 aromatic heterocycles. The third-order valence-corrected chi connectivity index (χ3v) is 1.95. The lowest BCUT2D eigenvalue weighted by Gasteiger charge is -2.04. The highest BCUT2D eigenvalue weighted by molar-refractivity contribution is 6.29. The number of aryl methyl sites for hydroxylation is 1. The van der Waals surface area contributed by atoms with Crippen molar-refractivity contribution in [1.29, 1.82) is 0 Å². The first kappa shape index (κ1) is 9.99. The van der Waals surface area contributed by atoms with E-state index in [4.69, 9.17) is 11.6 Å². The van der Waals surface area contributed by atoms with Crippen LogP contribution in [0.25, 0.3) is 0 Å². The van der Waals surface area contributed by atoms with Gasteiger partial charge in [0.15, 0.2) is 0 Å². The van der Waals surface area contributed by atoms with Crippen LogP contribution in [-0.2, 0) is 11.2 Å². The van der Waals surface area contributed by atoms with Gasteiger partial charge < -0.3 is 4.74 Å². The quantitative estimate of drug-likeness (QED) is 0.541. The number of carbonyl (C=O) groups excluding carboxylic acids is 1. The molecule has 0 unspecified atom stereocenters. The highest BCUT2D eigenvalue weighted by Crippen LogP contribution is 2.14. The van der Waals surface area contributed by atoms with Crippen LogP contribution < -0.4 is 0 Å². The molecule has 3 nitrogen and oxygen atoms in total. The molecule has 0 spiro atoms. The number of esters is 1. The molecule has 0 fully saturated rings. The number of carbonyl (C=O) groups is 1. The Bertz CT molecular complexity index is 325. The number of rotatable bonds is 2. The molecule has 0 aliphatic carbocycles. The average molecular weight is 200 g/mol. The largest absolute Gasteiger partial charge is 0.465 e. The SMILES string of the molecule is CCc1cc(Cl)ncc1C(=O)OC. The van der Waals surface area contributed by atoms with Gasteiger partial charge in [-0.25, -0.2) is 9.78 Å². The van der Waals surface area contributed by atoms with E-state index in [0.29, 0.717) is 10.7 Å². The summed E-state index contributed by atoms with van der Waals surface area (Å²) in [6.07, 6.45) is 2.17. The lowest BCUT2D eigenvalue weighted by molar-refractivity contribution is 0.0599. The van der Waals surface area contributed by atoms with E-state index in [1.54, 1.807) is 6.07 Å². The van der Waals surface area contributed by atoms with E-state index < -0.39 is 0 Å². The van der Waals surface area contributed by atoms with Gasteiger partial charge in [0.05, 0.1) is 12.7 Å². The fourth-order valence-electron chi connectivity index (χ4n) is 1.05. The first-order valence-corrected chi connectivity index (χ1v) is 4.29. The Hall–Kier alpha value is -1.09. The number of hydrogen-bond donors (Lipinski definition) is 0. The number of methoxy groups -OCH3 is 1. The van der Waals surface area contributed by atoms with Gasteiger partial charge in [0.1, 0.15) is 5.15 Å². The van der Waals surface area contributed by atoms with Crippen LogP contribution >= 0.6 is 11.6 Å². The summed E-state index contributed by atoms with van der Waals surface area (Å²) < 4.78 is 4.60. The van der Waals surface area contributed by atoms with Gasteiger partial charge >= 0.3 is 5.97 Å². The van der Waals surface area contributed by atoms with Crippen molar-refractivity contribution in [2.24, 2.45) is 0 Å². The van der Waals surface area contributed by atoms with Gasteiger partial charge in [0, 0.05) is 6.20 Å². The maximum atomic E-state index is 11.2. The number of pyridine rings is 1. The summed E-state index contributed by atoms with van der Waals surface area (Å²) in [7, 11) is 1.34. The van der Waals surface area contributed by atoms with Crippen LogP contribution in [0.3, 0.4) is 0 Å². The van der Waals surface area contributed by atoms with E-state index in [1.165, 1.54) is 13.3 Å². The second-order valence-corrected chi connectivity index (χ2v) is 2.90. The van der Waals surface area contributed by atoms with E-state index >= 15 is 0 Å². The Kier molecular flexibility index (Phi) is 3.25. The Labute approximate surface area is 81.7 Å². The molecule has 0 N–H and O–H groups in total. The summed E-state index contributed by atoms with van der Waals surface area (Å²) in [6, 6.07) is 1.67. The molecule has 0 atom stereocenters. The van der Waals surface area contributed by atoms with Crippen molar-refractivity contribution in [2.45, 2.75) is 13.3 Å². The molecule has 0 saturated heterocycles. The van der Waals surface area contributed by atoms with Crippen molar-refractivity contribution in [2.75, 3.05) is 7.11 Å². The number of aromatic nitrogens is 1. The Balaban J connectivity index is 3.13. The summed E-state index contributed by atoms with van der Waals surface area (Å²) in [5.41, 5.74) is 1.33. The summed E-state index contributed by atoms with van der Waals surface area (Å²) in [5.74, 6) is -0.374. The summed E-state index contributed by atoms with van der Waals surface area (Å²) >= 11 is 5.68.